The van der Waals surface area contributed by atoms with E-state index in [1.165, 1.54) is 6.42 Å². The predicted octanol–water partition coefficient (Wildman–Crippen LogP) is 3.61. The van der Waals surface area contributed by atoms with Crippen LogP contribution in [0.2, 0.25) is 0 Å². The number of hydrogen-bond donors (Lipinski definition) is 1. The van der Waals surface area contributed by atoms with Crippen LogP contribution in [-0.2, 0) is 11.3 Å². The average Bonchev–Trinajstić information content (AvgIpc) is 2.69. The SMILES string of the molecule is CCCCOCCCn1c(=S)[nH]c2cc(C)cnc21. The molecular weight excluding hydrogens is 258 g/mol. The van der Waals surface area contributed by atoms with Crippen molar-refractivity contribution < 1.29 is 4.74 Å². The van der Waals surface area contributed by atoms with E-state index in [1.54, 1.807) is 0 Å². The Labute approximate surface area is 118 Å². The van der Waals surface area contributed by atoms with Crippen molar-refractivity contribution in [3.8, 4) is 0 Å². The molecule has 0 atom stereocenters. The van der Waals surface area contributed by atoms with Crippen LogP contribution >= 0.6 is 12.2 Å². The van der Waals surface area contributed by atoms with Crippen LogP contribution in [0.3, 0.4) is 0 Å². The van der Waals surface area contributed by atoms with Gasteiger partial charge in [-0.15, -0.1) is 0 Å². The molecule has 0 unspecified atom stereocenters. The van der Waals surface area contributed by atoms with Gasteiger partial charge in [0.2, 0.25) is 0 Å². The minimum absolute atomic E-state index is 0.738. The van der Waals surface area contributed by atoms with Crippen molar-refractivity contribution in [2.45, 2.75) is 39.7 Å². The van der Waals surface area contributed by atoms with Crippen molar-refractivity contribution in [2.75, 3.05) is 13.2 Å². The first-order valence-electron chi connectivity index (χ1n) is 6.85. The van der Waals surface area contributed by atoms with Crippen molar-refractivity contribution in [2.24, 2.45) is 0 Å². The zero-order chi connectivity index (χ0) is 13.7. The first-order valence-corrected chi connectivity index (χ1v) is 7.26. The Hall–Kier alpha value is -1.20. The van der Waals surface area contributed by atoms with E-state index in [0.29, 0.717) is 0 Å². The second-order valence-corrected chi connectivity index (χ2v) is 5.17. The Balaban J connectivity index is 1.97. The molecule has 2 aromatic rings. The van der Waals surface area contributed by atoms with E-state index in [9.17, 15) is 0 Å². The lowest BCUT2D eigenvalue weighted by Gasteiger charge is -2.05. The molecule has 0 aromatic carbocycles. The van der Waals surface area contributed by atoms with Gasteiger partial charge in [-0.1, -0.05) is 13.3 Å². The molecule has 19 heavy (non-hydrogen) atoms. The molecule has 0 amide bonds. The minimum atomic E-state index is 0.738. The summed E-state index contributed by atoms with van der Waals surface area (Å²) in [6.07, 6.45) is 5.14. The number of rotatable bonds is 7. The average molecular weight is 279 g/mol. The van der Waals surface area contributed by atoms with Crippen LogP contribution in [-0.4, -0.2) is 27.7 Å². The highest BCUT2D eigenvalue weighted by Gasteiger charge is 2.05. The number of aromatic nitrogens is 3. The number of nitrogens with zero attached hydrogens (tertiary/aromatic N) is 2. The van der Waals surface area contributed by atoms with Crippen LogP contribution in [0.15, 0.2) is 12.3 Å². The molecule has 0 saturated heterocycles. The second-order valence-electron chi connectivity index (χ2n) is 4.79. The Kier molecular flexibility index (Phi) is 5.10. The van der Waals surface area contributed by atoms with Gasteiger partial charge in [0.15, 0.2) is 10.4 Å². The smallest absolute Gasteiger partial charge is 0.179 e. The summed E-state index contributed by atoms with van der Waals surface area (Å²) in [5.41, 5.74) is 3.08. The Morgan fingerprint density at radius 2 is 2.16 bits per heavy atom. The third kappa shape index (κ3) is 3.64. The van der Waals surface area contributed by atoms with Gasteiger partial charge in [-0.05, 0) is 43.6 Å². The molecular formula is C14H21N3OS. The highest BCUT2D eigenvalue weighted by atomic mass is 32.1. The van der Waals surface area contributed by atoms with Crippen molar-refractivity contribution in [1.29, 1.82) is 0 Å². The summed E-state index contributed by atoms with van der Waals surface area (Å²) in [4.78, 5) is 7.66. The normalized spacial score (nSPS) is 11.3. The van der Waals surface area contributed by atoms with Crippen LogP contribution < -0.4 is 0 Å². The zero-order valence-corrected chi connectivity index (χ0v) is 12.4. The van der Waals surface area contributed by atoms with Gasteiger partial charge in [0.1, 0.15) is 0 Å². The van der Waals surface area contributed by atoms with Crippen molar-refractivity contribution >= 4 is 23.4 Å². The molecule has 0 fully saturated rings. The summed E-state index contributed by atoms with van der Waals surface area (Å²) in [6, 6.07) is 2.08. The lowest BCUT2D eigenvalue weighted by atomic mass is 10.3. The second kappa shape index (κ2) is 6.82. The molecule has 0 bridgehead atoms. The summed E-state index contributed by atoms with van der Waals surface area (Å²) in [5.74, 6) is 0. The standard InChI is InChI=1S/C14H21N3OS/c1-3-4-7-18-8-5-6-17-13-12(16-14(17)19)9-11(2)10-15-13/h9-10H,3-8H2,1-2H3,(H,16,19). The van der Waals surface area contributed by atoms with Gasteiger partial charge in [-0.25, -0.2) is 4.98 Å². The van der Waals surface area contributed by atoms with E-state index in [1.807, 2.05) is 17.7 Å². The molecule has 4 nitrogen and oxygen atoms in total. The number of hydrogen-bond acceptors (Lipinski definition) is 3. The largest absolute Gasteiger partial charge is 0.381 e. The summed E-state index contributed by atoms with van der Waals surface area (Å²) in [6.45, 7) is 6.68. The summed E-state index contributed by atoms with van der Waals surface area (Å²) < 4.78 is 8.35. The number of nitrogens with one attached hydrogen (secondary N) is 1. The Morgan fingerprint density at radius 1 is 1.37 bits per heavy atom. The Morgan fingerprint density at radius 3 is 2.95 bits per heavy atom. The van der Waals surface area contributed by atoms with E-state index in [0.717, 1.165) is 54.1 Å². The van der Waals surface area contributed by atoms with E-state index >= 15 is 0 Å². The molecule has 2 heterocycles. The number of pyridine rings is 1. The number of imidazole rings is 1. The molecule has 0 aliphatic rings. The lowest BCUT2D eigenvalue weighted by molar-refractivity contribution is 0.126. The van der Waals surface area contributed by atoms with Gasteiger partial charge >= 0.3 is 0 Å². The van der Waals surface area contributed by atoms with E-state index in [4.69, 9.17) is 17.0 Å². The number of H-pyrrole nitrogens is 1. The van der Waals surface area contributed by atoms with Crippen molar-refractivity contribution in [1.82, 2.24) is 14.5 Å². The van der Waals surface area contributed by atoms with Crippen LogP contribution in [0.5, 0.6) is 0 Å². The van der Waals surface area contributed by atoms with Crippen molar-refractivity contribution in [3.05, 3.63) is 22.6 Å². The minimum Gasteiger partial charge on any atom is -0.381 e. The number of ether oxygens (including phenoxy) is 1. The molecule has 0 saturated carbocycles. The zero-order valence-electron chi connectivity index (χ0n) is 11.6. The molecule has 2 rings (SSSR count). The fraction of sp³-hybridized carbons (Fsp3) is 0.571. The molecule has 0 spiro atoms. The van der Waals surface area contributed by atoms with Crippen LogP contribution in [0.1, 0.15) is 31.7 Å². The van der Waals surface area contributed by atoms with Crippen LogP contribution in [0.25, 0.3) is 11.2 Å². The summed E-state index contributed by atoms with van der Waals surface area (Å²) >= 11 is 5.34. The fourth-order valence-electron chi connectivity index (χ4n) is 2.03. The maximum absolute atomic E-state index is 5.57. The molecule has 0 aliphatic heterocycles. The Bertz CT molecular complexity index is 588. The van der Waals surface area contributed by atoms with Gasteiger partial charge in [-0.3, -0.25) is 0 Å². The van der Waals surface area contributed by atoms with E-state index in [-0.39, 0.29) is 0 Å². The third-order valence-electron chi connectivity index (χ3n) is 3.06. The maximum atomic E-state index is 5.57. The van der Waals surface area contributed by atoms with E-state index < -0.39 is 0 Å². The molecule has 5 heteroatoms. The summed E-state index contributed by atoms with van der Waals surface area (Å²) in [7, 11) is 0. The van der Waals surface area contributed by atoms with Crippen LogP contribution in [0.4, 0.5) is 0 Å². The maximum Gasteiger partial charge on any atom is 0.179 e. The number of unbranched alkanes of at least 4 members (excludes halogenated alkanes) is 1. The first-order chi connectivity index (χ1) is 9.22. The van der Waals surface area contributed by atoms with Gasteiger partial charge in [-0.2, -0.15) is 0 Å². The monoisotopic (exact) mass is 279 g/mol. The molecule has 0 aliphatic carbocycles. The van der Waals surface area contributed by atoms with Crippen molar-refractivity contribution in [3.63, 3.8) is 0 Å². The molecule has 104 valence electrons. The molecule has 2 aromatic heterocycles. The van der Waals surface area contributed by atoms with Gasteiger partial charge in [0.25, 0.3) is 0 Å². The van der Waals surface area contributed by atoms with E-state index in [2.05, 4.69) is 23.0 Å². The van der Waals surface area contributed by atoms with Gasteiger partial charge in [0, 0.05) is 26.0 Å². The lowest BCUT2D eigenvalue weighted by Crippen LogP contribution is -2.04. The number of fused-ring (bicyclic) bond motifs is 1. The number of aryl methyl sites for hydroxylation is 2. The molecule has 1 N–H and O–H groups in total. The quantitative estimate of drug-likeness (QED) is 0.622. The van der Waals surface area contributed by atoms with Crippen LogP contribution in [0, 0.1) is 11.7 Å². The predicted molar refractivity (Wildman–Crippen MR) is 80.0 cm³/mol. The van der Waals surface area contributed by atoms with Gasteiger partial charge < -0.3 is 14.3 Å². The fourth-order valence-corrected chi connectivity index (χ4v) is 2.32. The summed E-state index contributed by atoms with van der Waals surface area (Å²) in [5, 5.41) is 0. The first kappa shape index (κ1) is 14.2. The number of aromatic amines is 1. The highest BCUT2D eigenvalue weighted by Crippen LogP contribution is 2.13. The topological polar surface area (TPSA) is 42.8 Å². The highest BCUT2D eigenvalue weighted by molar-refractivity contribution is 7.71. The molecule has 0 radical (unpaired) electrons. The third-order valence-corrected chi connectivity index (χ3v) is 3.38. The van der Waals surface area contributed by atoms with Gasteiger partial charge in [0.05, 0.1) is 5.52 Å².